The van der Waals surface area contributed by atoms with Gasteiger partial charge in [0.25, 0.3) is 11.8 Å². The Bertz CT molecular complexity index is 901. The average Bonchev–Trinajstić information content (AvgIpc) is 2.71. The van der Waals surface area contributed by atoms with Crippen molar-refractivity contribution in [3.8, 4) is 0 Å². The number of hydrogen-bond acceptors (Lipinski definition) is 3. The van der Waals surface area contributed by atoms with Crippen molar-refractivity contribution >= 4 is 16.8 Å². The first kappa shape index (κ1) is 21.4. The molecular weight excluding hydrogens is 376 g/mol. The number of nitrogens with two attached hydrogens (primary N) is 1. The number of nitrogens with zero attached hydrogens (tertiary/aromatic N) is 1. The summed E-state index contributed by atoms with van der Waals surface area (Å²) in [6, 6.07) is 2.94. The van der Waals surface area contributed by atoms with E-state index in [-0.39, 0.29) is 22.9 Å². The second kappa shape index (κ2) is 9.01. The van der Waals surface area contributed by atoms with Crippen LogP contribution >= 0.6 is 0 Å². The van der Waals surface area contributed by atoms with Gasteiger partial charge in [0.05, 0.1) is 10.9 Å². The third kappa shape index (κ3) is 5.00. The van der Waals surface area contributed by atoms with Gasteiger partial charge in [0.15, 0.2) is 5.43 Å². The Morgan fingerprint density at radius 1 is 1.17 bits per heavy atom. The van der Waals surface area contributed by atoms with E-state index in [1.54, 1.807) is 13.0 Å². The van der Waals surface area contributed by atoms with Crippen molar-refractivity contribution in [1.82, 2.24) is 9.97 Å². The number of nitrogens with one attached hydrogen (secondary N) is 1. The molecule has 2 fully saturated rings. The number of amides is 1. The van der Waals surface area contributed by atoms with Crippen LogP contribution in [0.3, 0.4) is 0 Å². The van der Waals surface area contributed by atoms with Gasteiger partial charge in [-0.25, -0.2) is 8.78 Å². The summed E-state index contributed by atoms with van der Waals surface area (Å²) in [5, 5.41) is 0.238. The lowest BCUT2D eigenvalue weighted by atomic mass is 9.69. The molecule has 0 saturated heterocycles. The highest BCUT2D eigenvalue weighted by atomic mass is 19.3. The van der Waals surface area contributed by atoms with Crippen molar-refractivity contribution < 1.29 is 13.6 Å². The number of rotatable bonds is 2. The number of carbonyl (C=O) groups excluding carboxylic acids is 1. The molecule has 2 aliphatic carbocycles. The zero-order valence-electron chi connectivity index (χ0n) is 16.8. The molecule has 2 saturated carbocycles. The monoisotopic (exact) mass is 405 g/mol. The van der Waals surface area contributed by atoms with Crippen LogP contribution in [0, 0.1) is 17.8 Å². The molecule has 2 aromatic rings. The molecule has 5 nitrogen and oxygen atoms in total. The second-order valence-electron chi connectivity index (χ2n) is 8.38. The Hall–Kier alpha value is -2.31. The lowest BCUT2D eigenvalue weighted by Gasteiger charge is -2.39. The van der Waals surface area contributed by atoms with Crippen LogP contribution in [0.15, 0.2) is 29.3 Å². The predicted octanol–water partition coefficient (Wildman–Crippen LogP) is 4.66. The first-order chi connectivity index (χ1) is 13.8. The lowest BCUT2D eigenvalue weighted by Crippen LogP contribution is -2.36. The van der Waals surface area contributed by atoms with Crippen molar-refractivity contribution in [3.63, 3.8) is 0 Å². The molecule has 2 atom stereocenters. The van der Waals surface area contributed by atoms with Crippen molar-refractivity contribution in [1.29, 1.82) is 0 Å². The highest BCUT2D eigenvalue weighted by Crippen LogP contribution is 2.46. The number of carbonyl (C=O) groups is 1. The molecule has 3 N–H and O–H groups in total. The molecule has 2 aromatic heterocycles. The van der Waals surface area contributed by atoms with E-state index in [0.29, 0.717) is 11.4 Å². The van der Waals surface area contributed by atoms with Crippen LogP contribution in [-0.2, 0) is 0 Å². The van der Waals surface area contributed by atoms with E-state index in [1.807, 2.05) is 0 Å². The quantitative estimate of drug-likeness (QED) is 0.761. The van der Waals surface area contributed by atoms with Crippen molar-refractivity contribution in [2.45, 2.75) is 64.2 Å². The number of halogens is 2. The first-order valence-electron chi connectivity index (χ1n) is 10.4. The Kier molecular flexibility index (Phi) is 6.65. The van der Waals surface area contributed by atoms with Gasteiger partial charge in [-0.3, -0.25) is 14.6 Å². The third-order valence-corrected chi connectivity index (χ3v) is 6.45. The molecule has 0 aromatic carbocycles. The number of aromatic nitrogens is 2. The van der Waals surface area contributed by atoms with E-state index >= 15 is 0 Å². The van der Waals surface area contributed by atoms with Crippen molar-refractivity contribution in [2.24, 2.45) is 23.5 Å². The Balaban J connectivity index is 0.000000166. The summed E-state index contributed by atoms with van der Waals surface area (Å²) in [5.74, 6) is -2.12. The number of primary amides is 1. The third-order valence-electron chi connectivity index (χ3n) is 6.45. The summed E-state index contributed by atoms with van der Waals surface area (Å²) < 4.78 is 26.7. The molecule has 2 heterocycles. The summed E-state index contributed by atoms with van der Waals surface area (Å²) in [7, 11) is 0. The van der Waals surface area contributed by atoms with Gasteiger partial charge >= 0.3 is 0 Å². The number of H-pyrrole nitrogens is 1. The molecule has 1 amide bonds. The van der Waals surface area contributed by atoms with Gasteiger partial charge in [-0.1, -0.05) is 39.0 Å². The van der Waals surface area contributed by atoms with Crippen molar-refractivity contribution in [2.75, 3.05) is 0 Å². The minimum Gasteiger partial charge on any atom is -0.364 e. The summed E-state index contributed by atoms with van der Waals surface area (Å²) in [6.07, 6.45) is 11.2. The maximum atomic E-state index is 13.3. The molecule has 0 radical (unpaired) electrons. The van der Waals surface area contributed by atoms with Gasteiger partial charge in [0.1, 0.15) is 5.69 Å². The topological polar surface area (TPSA) is 88.8 Å². The summed E-state index contributed by atoms with van der Waals surface area (Å²) >= 11 is 0. The molecule has 4 rings (SSSR count). The van der Waals surface area contributed by atoms with E-state index in [1.165, 1.54) is 50.6 Å². The zero-order chi connectivity index (χ0) is 21.0. The Labute approximate surface area is 169 Å². The van der Waals surface area contributed by atoms with E-state index in [9.17, 15) is 18.4 Å². The zero-order valence-corrected chi connectivity index (χ0v) is 16.8. The number of pyridine rings is 2. The van der Waals surface area contributed by atoms with Gasteiger partial charge < -0.3 is 10.7 Å². The molecule has 2 aliphatic rings. The number of hydrogen-bond donors (Lipinski definition) is 2. The van der Waals surface area contributed by atoms with Crippen LogP contribution in [0.5, 0.6) is 0 Å². The summed E-state index contributed by atoms with van der Waals surface area (Å²) in [5.41, 5.74) is 5.39. The van der Waals surface area contributed by atoms with Crippen LogP contribution in [0.2, 0.25) is 0 Å². The Morgan fingerprint density at radius 3 is 2.55 bits per heavy atom. The summed E-state index contributed by atoms with van der Waals surface area (Å²) in [4.78, 5) is 29.0. The molecular formula is C22H29F2N3O2. The number of aromatic amines is 1. The SMILES string of the molecule is C[C@@H]1CC(C2CCCCC2)CCC1(F)F.NC(=O)c1nccc2[nH]ccc(=O)c12. The van der Waals surface area contributed by atoms with Gasteiger partial charge in [-0.15, -0.1) is 0 Å². The average molecular weight is 405 g/mol. The van der Waals surface area contributed by atoms with Crippen LogP contribution < -0.4 is 11.2 Å². The van der Waals surface area contributed by atoms with Gasteiger partial charge in [0, 0.05) is 30.8 Å². The van der Waals surface area contributed by atoms with Crippen LogP contribution in [0.1, 0.15) is 68.8 Å². The predicted molar refractivity (Wildman–Crippen MR) is 109 cm³/mol. The smallest absolute Gasteiger partial charge is 0.268 e. The standard InChI is InChI=1S/C13H22F2.C9H7N3O2/c1-10-9-12(7-8-13(10,14)15)11-5-3-2-4-6-11;10-9(14)8-7-5(1-3-12-8)11-4-2-6(7)13/h10-12H,2-9H2,1H3;1-4H,(H2,10,14)(H,11,13)/t10-,12?;/m1./s1. The fourth-order valence-electron chi connectivity index (χ4n) is 4.71. The highest BCUT2D eigenvalue weighted by Gasteiger charge is 2.43. The van der Waals surface area contributed by atoms with E-state index < -0.39 is 17.7 Å². The van der Waals surface area contributed by atoms with Crippen LogP contribution in [0.4, 0.5) is 8.78 Å². The molecule has 0 aliphatic heterocycles. The number of alkyl halides is 2. The van der Waals surface area contributed by atoms with E-state index in [0.717, 1.165) is 18.8 Å². The fraction of sp³-hybridized carbons (Fsp3) is 0.591. The fourth-order valence-corrected chi connectivity index (χ4v) is 4.71. The van der Waals surface area contributed by atoms with Crippen LogP contribution in [-0.4, -0.2) is 21.8 Å². The molecule has 29 heavy (non-hydrogen) atoms. The van der Waals surface area contributed by atoms with Crippen LogP contribution in [0.25, 0.3) is 10.9 Å². The van der Waals surface area contributed by atoms with E-state index in [4.69, 9.17) is 5.73 Å². The second-order valence-corrected chi connectivity index (χ2v) is 8.38. The molecule has 158 valence electrons. The van der Waals surface area contributed by atoms with Gasteiger partial charge in [-0.2, -0.15) is 0 Å². The normalized spacial score (nSPS) is 24.5. The largest absolute Gasteiger partial charge is 0.364 e. The van der Waals surface area contributed by atoms with Gasteiger partial charge in [-0.05, 0) is 30.7 Å². The highest BCUT2D eigenvalue weighted by molar-refractivity contribution is 6.03. The number of fused-ring (bicyclic) bond motifs is 1. The van der Waals surface area contributed by atoms with Crippen molar-refractivity contribution in [3.05, 3.63) is 40.4 Å². The summed E-state index contributed by atoms with van der Waals surface area (Å²) in [6.45, 7) is 1.73. The molecule has 0 bridgehead atoms. The van der Waals surface area contributed by atoms with E-state index in [2.05, 4.69) is 9.97 Å². The maximum Gasteiger partial charge on any atom is 0.268 e. The molecule has 1 unspecified atom stereocenters. The maximum absolute atomic E-state index is 13.3. The molecule has 7 heteroatoms. The lowest BCUT2D eigenvalue weighted by molar-refractivity contribution is -0.0982. The van der Waals surface area contributed by atoms with Gasteiger partial charge in [0.2, 0.25) is 0 Å². The Morgan fingerprint density at radius 2 is 1.90 bits per heavy atom. The minimum atomic E-state index is -2.38. The minimum absolute atomic E-state index is 0.00403. The first-order valence-corrected chi connectivity index (χ1v) is 10.4. The molecule has 0 spiro atoms.